The quantitative estimate of drug-likeness (QED) is 0.659. The summed E-state index contributed by atoms with van der Waals surface area (Å²) >= 11 is 0. The fourth-order valence-electron chi connectivity index (χ4n) is 1.83. The highest BCUT2D eigenvalue weighted by atomic mass is 16.3. The Kier molecular flexibility index (Phi) is 6.56. The molecular weight excluding hydrogens is 256 g/mol. The summed E-state index contributed by atoms with van der Waals surface area (Å²) in [5.41, 5.74) is 0.882. The lowest BCUT2D eigenvalue weighted by molar-refractivity contribution is -0.128. The standard InChI is InChI=1S/C15H22N2O3/c1-3-4-9-16-15(20)14(17-11(2)18)10-12-5-7-13(19)8-6-12/h5-8,14,19H,3-4,9-10H2,1-2H3,(H,16,20)(H,17,18)/t14-/m0/s1. The van der Waals surface area contributed by atoms with Crippen LogP contribution in [0.3, 0.4) is 0 Å². The van der Waals surface area contributed by atoms with E-state index < -0.39 is 6.04 Å². The molecule has 1 aromatic rings. The van der Waals surface area contributed by atoms with Gasteiger partial charge in [-0.1, -0.05) is 25.5 Å². The molecule has 0 aliphatic heterocycles. The van der Waals surface area contributed by atoms with Crippen LogP contribution in [0.25, 0.3) is 0 Å². The first-order valence-corrected chi connectivity index (χ1v) is 6.85. The lowest BCUT2D eigenvalue weighted by Gasteiger charge is -2.17. The van der Waals surface area contributed by atoms with E-state index in [1.807, 2.05) is 6.92 Å². The third kappa shape index (κ3) is 5.73. The molecule has 0 saturated heterocycles. The zero-order valence-electron chi connectivity index (χ0n) is 12.0. The molecule has 0 fully saturated rings. The largest absolute Gasteiger partial charge is 0.508 e. The Hall–Kier alpha value is -2.04. The minimum absolute atomic E-state index is 0.178. The molecule has 5 heteroatoms. The van der Waals surface area contributed by atoms with Crippen LogP contribution in [0.15, 0.2) is 24.3 Å². The molecule has 0 bridgehead atoms. The molecule has 0 heterocycles. The Morgan fingerprint density at radius 2 is 1.90 bits per heavy atom. The number of carbonyl (C=O) groups is 2. The molecule has 0 radical (unpaired) electrons. The van der Waals surface area contributed by atoms with Gasteiger partial charge in [0.2, 0.25) is 11.8 Å². The molecule has 0 unspecified atom stereocenters. The van der Waals surface area contributed by atoms with Gasteiger partial charge in [0.25, 0.3) is 0 Å². The monoisotopic (exact) mass is 278 g/mol. The molecule has 0 spiro atoms. The number of benzene rings is 1. The fraction of sp³-hybridized carbons (Fsp3) is 0.467. The van der Waals surface area contributed by atoms with E-state index in [-0.39, 0.29) is 17.6 Å². The lowest BCUT2D eigenvalue weighted by atomic mass is 10.0. The minimum atomic E-state index is -0.589. The van der Waals surface area contributed by atoms with E-state index in [1.54, 1.807) is 24.3 Å². The molecule has 110 valence electrons. The van der Waals surface area contributed by atoms with Crippen molar-refractivity contribution in [3.8, 4) is 5.75 Å². The number of hydrogen-bond donors (Lipinski definition) is 3. The number of hydrogen-bond acceptors (Lipinski definition) is 3. The molecule has 0 saturated carbocycles. The van der Waals surface area contributed by atoms with Crippen molar-refractivity contribution >= 4 is 11.8 Å². The summed E-state index contributed by atoms with van der Waals surface area (Å²) in [5, 5.41) is 14.7. The van der Waals surface area contributed by atoms with E-state index in [0.717, 1.165) is 18.4 Å². The third-order valence-electron chi connectivity index (χ3n) is 2.90. The van der Waals surface area contributed by atoms with Crippen LogP contribution in [0.1, 0.15) is 32.3 Å². The van der Waals surface area contributed by atoms with Crippen molar-refractivity contribution in [1.82, 2.24) is 10.6 Å². The number of phenolic OH excluding ortho intramolecular Hbond substituents is 1. The second-order valence-electron chi connectivity index (χ2n) is 4.77. The van der Waals surface area contributed by atoms with Crippen molar-refractivity contribution in [1.29, 1.82) is 0 Å². The second kappa shape index (κ2) is 8.19. The van der Waals surface area contributed by atoms with Gasteiger partial charge in [-0.2, -0.15) is 0 Å². The molecular formula is C15H22N2O3. The minimum Gasteiger partial charge on any atom is -0.508 e. The summed E-state index contributed by atoms with van der Waals surface area (Å²) in [6, 6.07) is 6.02. The Labute approximate surface area is 119 Å². The topological polar surface area (TPSA) is 78.4 Å². The van der Waals surface area contributed by atoms with Gasteiger partial charge in [0, 0.05) is 19.9 Å². The van der Waals surface area contributed by atoms with Crippen LogP contribution in [0, 0.1) is 0 Å². The maximum absolute atomic E-state index is 12.0. The number of aromatic hydroxyl groups is 1. The summed E-state index contributed by atoms with van der Waals surface area (Å²) < 4.78 is 0. The van der Waals surface area contributed by atoms with Gasteiger partial charge >= 0.3 is 0 Å². The zero-order valence-corrected chi connectivity index (χ0v) is 12.0. The van der Waals surface area contributed by atoms with Gasteiger partial charge in [-0.15, -0.1) is 0 Å². The van der Waals surface area contributed by atoms with E-state index in [4.69, 9.17) is 0 Å². The van der Waals surface area contributed by atoms with Crippen LogP contribution < -0.4 is 10.6 Å². The normalized spacial score (nSPS) is 11.7. The maximum Gasteiger partial charge on any atom is 0.242 e. The first-order valence-electron chi connectivity index (χ1n) is 6.85. The average molecular weight is 278 g/mol. The number of nitrogens with one attached hydrogen (secondary N) is 2. The van der Waals surface area contributed by atoms with Gasteiger partial charge in [-0.05, 0) is 24.1 Å². The molecule has 1 rings (SSSR count). The van der Waals surface area contributed by atoms with Crippen molar-refractivity contribution in [3.05, 3.63) is 29.8 Å². The SMILES string of the molecule is CCCCNC(=O)[C@H](Cc1ccc(O)cc1)NC(C)=O. The Balaban J connectivity index is 2.65. The van der Waals surface area contributed by atoms with Crippen LogP contribution in [-0.2, 0) is 16.0 Å². The highest BCUT2D eigenvalue weighted by Gasteiger charge is 2.19. The molecule has 1 atom stereocenters. The summed E-state index contributed by atoms with van der Waals surface area (Å²) in [6.07, 6.45) is 2.32. The van der Waals surface area contributed by atoms with Gasteiger partial charge < -0.3 is 15.7 Å². The van der Waals surface area contributed by atoms with Crippen LogP contribution in [-0.4, -0.2) is 29.5 Å². The predicted octanol–water partition coefficient (Wildman–Crippen LogP) is 1.36. The summed E-state index contributed by atoms with van der Waals surface area (Å²) in [4.78, 5) is 23.3. The highest BCUT2D eigenvalue weighted by molar-refractivity contribution is 5.87. The molecule has 2 amide bonds. The third-order valence-corrected chi connectivity index (χ3v) is 2.90. The molecule has 20 heavy (non-hydrogen) atoms. The fourth-order valence-corrected chi connectivity index (χ4v) is 1.83. The van der Waals surface area contributed by atoms with Crippen LogP contribution in [0.2, 0.25) is 0 Å². The van der Waals surface area contributed by atoms with E-state index in [0.29, 0.717) is 13.0 Å². The summed E-state index contributed by atoms with van der Waals surface area (Å²) in [7, 11) is 0. The van der Waals surface area contributed by atoms with E-state index in [1.165, 1.54) is 6.92 Å². The van der Waals surface area contributed by atoms with Crippen LogP contribution in [0.5, 0.6) is 5.75 Å². The number of amides is 2. The highest BCUT2D eigenvalue weighted by Crippen LogP contribution is 2.11. The van der Waals surface area contributed by atoms with E-state index in [9.17, 15) is 14.7 Å². The molecule has 1 aromatic carbocycles. The van der Waals surface area contributed by atoms with Gasteiger partial charge in [0.05, 0.1) is 0 Å². The Bertz CT molecular complexity index is 443. The molecule has 0 aliphatic rings. The van der Waals surface area contributed by atoms with E-state index in [2.05, 4.69) is 10.6 Å². The smallest absolute Gasteiger partial charge is 0.242 e. The summed E-state index contributed by atoms with van der Waals surface area (Å²) in [6.45, 7) is 4.05. The molecule has 0 aliphatic carbocycles. The number of rotatable bonds is 7. The van der Waals surface area contributed by atoms with Crippen molar-refractivity contribution < 1.29 is 14.7 Å². The van der Waals surface area contributed by atoms with Crippen molar-refractivity contribution in [2.24, 2.45) is 0 Å². The van der Waals surface area contributed by atoms with Crippen LogP contribution >= 0.6 is 0 Å². The van der Waals surface area contributed by atoms with Crippen LogP contribution in [0.4, 0.5) is 0 Å². The first-order chi connectivity index (χ1) is 9.52. The predicted molar refractivity (Wildman–Crippen MR) is 77.3 cm³/mol. The Morgan fingerprint density at radius 3 is 2.45 bits per heavy atom. The molecule has 3 N–H and O–H groups in total. The van der Waals surface area contributed by atoms with Gasteiger partial charge in [-0.3, -0.25) is 9.59 Å². The van der Waals surface area contributed by atoms with Crippen molar-refractivity contribution in [3.63, 3.8) is 0 Å². The lowest BCUT2D eigenvalue weighted by Crippen LogP contribution is -2.47. The van der Waals surface area contributed by atoms with E-state index >= 15 is 0 Å². The van der Waals surface area contributed by atoms with Crippen molar-refractivity contribution in [2.45, 2.75) is 39.2 Å². The molecule has 0 aromatic heterocycles. The summed E-state index contributed by atoms with van der Waals surface area (Å²) in [5.74, 6) is -0.238. The number of unbranched alkanes of at least 4 members (excludes halogenated alkanes) is 1. The molecule has 5 nitrogen and oxygen atoms in total. The average Bonchev–Trinajstić information content (AvgIpc) is 2.40. The van der Waals surface area contributed by atoms with Crippen molar-refractivity contribution in [2.75, 3.05) is 6.54 Å². The van der Waals surface area contributed by atoms with Gasteiger partial charge in [-0.25, -0.2) is 0 Å². The second-order valence-corrected chi connectivity index (χ2v) is 4.77. The first kappa shape index (κ1) is 16.0. The maximum atomic E-state index is 12.0. The Morgan fingerprint density at radius 1 is 1.25 bits per heavy atom. The number of phenols is 1. The zero-order chi connectivity index (χ0) is 15.0. The van der Waals surface area contributed by atoms with Gasteiger partial charge in [0.1, 0.15) is 11.8 Å². The number of carbonyl (C=O) groups excluding carboxylic acids is 2. The van der Waals surface area contributed by atoms with Gasteiger partial charge in [0.15, 0.2) is 0 Å².